The van der Waals surface area contributed by atoms with E-state index in [0.29, 0.717) is 5.56 Å². The van der Waals surface area contributed by atoms with E-state index >= 15 is 0 Å². The largest absolute Gasteiger partial charge is 0.465 e. The molecule has 2 amide bonds. The normalized spacial score (nSPS) is 16.0. The van der Waals surface area contributed by atoms with Crippen LogP contribution < -0.4 is 10.0 Å². The Morgan fingerprint density at radius 3 is 2.30 bits per heavy atom. The van der Waals surface area contributed by atoms with Crippen molar-refractivity contribution in [3.8, 4) is 0 Å². The molecule has 1 aromatic heterocycles. The lowest BCUT2D eigenvalue weighted by molar-refractivity contribution is 0.0779. The Morgan fingerprint density at radius 2 is 1.73 bits per heavy atom. The quantitative estimate of drug-likeness (QED) is 0.672. The Morgan fingerprint density at radius 1 is 1.10 bits per heavy atom. The Labute approximate surface area is 176 Å². The molecular formula is C22H26N2O5S. The van der Waals surface area contributed by atoms with Gasteiger partial charge in [0.25, 0.3) is 10.0 Å². The molecule has 0 bridgehead atoms. The summed E-state index contributed by atoms with van der Waals surface area (Å²) in [5.74, 6) is 0.261. The predicted molar refractivity (Wildman–Crippen MR) is 115 cm³/mol. The summed E-state index contributed by atoms with van der Waals surface area (Å²) in [6, 6.07) is 3.02. The van der Waals surface area contributed by atoms with Gasteiger partial charge in [0, 0.05) is 11.3 Å². The van der Waals surface area contributed by atoms with Crippen LogP contribution in [0.3, 0.4) is 0 Å². The zero-order valence-corrected chi connectivity index (χ0v) is 17.9. The van der Waals surface area contributed by atoms with Crippen LogP contribution in [0.15, 0.2) is 28.2 Å². The number of nitrogens with one attached hydrogen (secondary N) is 2. The van der Waals surface area contributed by atoms with E-state index in [9.17, 15) is 18.3 Å². The molecule has 0 saturated heterocycles. The van der Waals surface area contributed by atoms with E-state index in [-0.39, 0.29) is 5.76 Å². The number of furan rings is 1. The van der Waals surface area contributed by atoms with Gasteiger partial charge in [-0.2, -0.15) is 0 Å². The van der Waals surface area contributed by atoms with Gasteiger partial charge in [-0.3, -0.25) is 0 Å². The van der Waals surface area contributed by atoms with Crippen molar-refractivity contribution in [2.24, 2.45) is 0 Å². The minimum atomic E-state index is -4.02. The van der Waals surface area contributed by atoms with E-state index in [0.717, 1.165) is 60.7 Å². The molecule has 0 fully saturated rings. The molecule has 4 rings (SSSR count). The SMILES string of the molecule is CC(C)(O)c1coc(/C=C/S(=O)(=O)NC(=O)Nc2c3c(cc4c2CCC4)CCC3)c1. The van der Waals surface area contributed by atoms with Crippen LogP contribution in [0.4, 0.5) is 10.5 Å². The summed E-state index contributed by atoms with van der Waals surface area (Å²) in [6.07, 6.45) is 8.48. The highest BCUT2D eigenvalue weighted by molar-refractivity contribution is 7.93. The van der Waals surface area contributed by atoms with Crippen molar-refractivity contribution in [1.29, 1.82) is 0 Å². The fourth-order valence-corrected chi connectivity index (χ4v) is 4.88. The molecule has 0 spiro atoms. The van der Waals surface area contributed by atoms with Crippen LogP contribution in [0.25, 0.3) is 6.08 Å². The first-order valence-electron chi connectivity index (χ1n) is 10.1. The molecule has 0 atom stereocenters. The average Bonchev–Trinajstić information content (AvgIpc) is 3.38. The summed E-state index contributed by atoms with van der Waals surface area (Å²) >= 11 is 0. The molecule has 0 aliphatic heterocycles. The van der Waals surface area contributed by atoms with Crippen LogP contribution in [-0.4, -0.2) is 19.6 Å². The van der Waals surface area contributed by atoms with Crippen molar-refractivity contribution < 1.29 is 22.7 Å². The number of hydrogen-bond acceptors (Lipinski definition) is 5. The average molecular weight is 431 g/mol. The molecule has 8 heteroatoms. The van der Waals surface area contributed by atoms with Crippen LogP contribution in [0.1, 0.15) is 60.3 Å². The number of carbonyl (C=O) groups is 1. The first kappa shape index (κ1) is 20.7. The second kappa shape index (κ2) is 7.59. The molecule has 3 N–H and O–H groups in total. The Balaban J connectivity index is 1.47. The number of benzene rings is 1. The molecule has 0 saturated carbocycles. The van der Waals surface area contributed by atoms with E-state index < -0.39 is 21.7 Å². The number of urea groups is 1. The molecular weight excluding hydrogens is 404 g/mol. The van der Waals surface area contributed by atoms with Gasteiger partial charge in [0.2, 0.25) is 0 Å². The number of amides is 2. The van der Waals surface area contributed by atoms with Gasteiger partial charge < -0.3 is 14.8 Å². The standard InChI is InChI=1S/C22H26N2O5S/c1-22(2,26)16-12-17(29-13-16)9-10-30(27,28)24-21(25)23-20-18-7-3-5-14(18)11-15-6-4-8-19(15)20/h9-13,26H,3-8H2,1-2H3,(H2,23,24,25)/b10-9+. The van der Waals surface area contributed by atoms with Crippen LogP contribution in [0, 0.1) is 0 Å². The third-order valence-electron chi connectivity index (χ3n) is 5.68. The molecule has 2 aliphatic rings. The number of carbonyl (C=O) groups excluding carboxylic acids is 1. The number of hydrogen-bond donors (Lipinski definition) is 3. The molecule has 30 heavy (non-hydrogen) atoms. The molecule has 0 radical (unpaired) electrons. The fraction of sp³-hybridized carbons (Fsp3) is 0.409. The molecule has 2 aromatic rings. The Bertz CT molecular complexity index is 1090. The molecule has 160 valence electrons. The summed E-state index contributed by atoms with van der Waals surface area (Å²) in [5.41, 5.74) is 5.00. The van der Waals surface area contributed by atoms with Gasteiger partial charge in [-0.1, -0.05) is 6.07 Å². The van der Waals surface area contributed by atoms with Crippen molar-refractivity contribution >= 4 is 27.8 Å². The third-order valence-corrected chi connectivity index (χ3v) is 6.65. The van der Waals surface area contributed by atoms with Gasteiger partial charge in [-0.05, 0) is 86.8 Å². The lowest BCUT2D eigenvalue weighted by Gasteiger charge is -2.16. The summed E-state index contributed by atoms with van der Waals surface area (Å²) in [5, 5.41) is 13.6. The Kier molecular flexibility index (Phi) is 5.23. The summed E-state index contributed by atoms with van der Waals surface area (Å²) in [7, 11) is -4.02. The van der Waals surface area contributed by atoms with Gasteiger partial charge in [0.15, 0.2) is 0 Å². The van der Waals surface area contributed by atoms with Gasteiger partial charge in [-0.15, -0.1) is 0 Å². The monoisotopic (exact) mass is 430 g/mol. The Hall–Kier alpha value is -2.58. The maximum atomic E-state index is 12.5. The van der Waals surface area contributed by atoms with E-state index in [2.05, 4.69) is 11.4 Å². The van der Waals surface area contributed by atoms with Gasteiger partial charge in [-0.25, -0.2) is 17.9 Å². The topological polar surface area (TPSA) is 109 Å². The fourth-order valence-electron chi connectivity index (χ4n) is 4.19. The first-order chi connectivity index (χ1) is 14.1. The van der Waals surface area contributed by atoms with E-state index in [1.54, 1.807) is 19.9 Å². The van der Waals surface area contributed by atoms with E-state index in [1.165, 1.54) is 23.5 Å². The van der Waals surface area contributed by atoms with Crippen molar-refractivity contribution in [3.63, 3.8) is 0 Å². The smallest absolute Gasteiger partial charge is 0.333 e. The third kappa shape index (κ3) is 4.29. The summed E-state index contributed by atoms with van der Waals surface area (Å²) < 4.78 is 31.9. The van der Waals surface area contributed by atoms with Crippen LogP contribution in [0.2, 0.25) is 0 Å². The summed E-state index contributed by atoms with van der Waals surface area (Å²) in [4.78, 5) is 12.5. The second-order valence-corrected chi connectivity index (χ2v) is 10.0. The van der Waals surface area contributed by atoms with Crippen molar-refractivity contribution in [2.75, 3.05) is 5.32 Å². The lowest BCUT2D eigenvalue weighted by atomic mass is 9.99. The molecule has 0 unspecified atom stereocenters. The zero-order valence-electron chi connectivity index (χ0n) is 17.1. The van der Waals surface area contributed by atoms with Crippen molar-refractivity contribution in [3.05, 3.63) is 57.4 Å². The second-order valence-electron chi connectivity index (χ2n) is 8.43. The number of sulfonamides is 1. The molecule has 2 aliphatic carbocycles. The van der Waals surface area contributed by atoms with Gasteiger partial charge >= 0.3 is 6.03 Å². The van der Waals surface area contributed by atoms with Crippen LogP contribution in [0.5, 0.6) is 0 Å². The predicted octanol–water partition coefficient (Wildman–Crippen LogP) is 3.61. The maximum Gasteiger partial charge on any atom is 0.333 e. The van der Waals surface area contributed by atoms with E-state index in [4.69, 9.17) is 4.42 Å². The number of aliphatic hydroxyl groups is 1. The van der Waals surface area contributed by atoms with Crippen molar-refractivity contribution in [2.45, 2.75) is 58.0 Å². The minimum absolute atomic E-state index is 0.261. The first-order valence-corrected chi connectivity index (χ1v) is 11.7. The zero-order chi connectivity index (χ0) is 21.5. The number of aryl methyl sites for hydroxylation is 2. The van der Waals surface area contributed by atoms with Gasteiger partial charge in [0.05, 0.1) is 17.3 Å². The highest BCUT2D eigenvalue weighted by Gasteiger charge is 2.25. The molecule has 1 heterocycles. The van der Waals surface area contributed by atoms with Crippen molar-refractivity contribution in [1.82, 2.24) is 4.72 Å². The van der Waals surface area contributed by atoms with Crippen LogP contribution >= 0.6 is 0 Å². The summed E-state index contributed by atoms with van der Waals surface area (Å²) in [6.45, 7) is 3.20. The highest BCUT2D eigenvalue weighted by Crippen LogP contribution is 2.38. The minimum Gasteiger partial charge on any atom is -0.465 e. The number of anilines is 1. The van der Waals surface area contributed by atoms with Gasteiger partial charge in [0.1, 0.15) is 5.76 Å². The number of rotatable bonds is 5. The molecule has 1 aromatic carbocycles. The number of fused-ring (bicyclic) bond motifs is 2. The lowest BCUT2D eigenvalue weighted by Crippen LogP contribution is -2.33. The highest BCUT2D eigenvalue weighted by atomic mass is 32.2. The van der Waals surface area contributed by atoms with E-state index in [1.807, 2.05) is 4.72 Å². The molecule has 7 nitrogen and oxygen atoms in total. The van der Waals surface area contributed by atoms with Crippen LogP contribution in [-0.2, 0) is 41.3 Å². The maximum absolute atomic E-state index is 12.5.